The maximum atomic E-state index is 11.4. The van der Waals surface area contributed by atoms with Crippen molar-refractivity contribution >= 4 is 23.2 Å². The average molecular weight is 288 g/mol. The van der Waals surface area contributed by atoms with Crippen LogP contribution in [-0.2, 0) is 17.8 Å². The van der Waals surface area contributed by atoms with Crippen LogP contribution in [0.1, 0.15) is 17.5 Å². The van der Waals surface area contributed by atoms with E-state index in [4.69, 9.17) is 16.3 Å². The van der Waals surface area contributed by atoms with Gasteiger partial charge in [-0.05, 0) is 24.1 Å². The lowest BCUT2D eigenvalue weighted by molar-refractivity contribution is -0.116. The zero-order valence-corrected chi connectivity index (χ0v) is 11.6. The predicted octanol–water partition coefficient (Wildman–Crippen LogP) is 3.80. The Balaban J connectivity index is 1.74. The average Bonchev–Trinajstić information content (AvgIpc) is 2.46. The van der Waals surface area contributed by atoms with Gasteiger partial charge in [0.05, 0.1) is 0 Å². The lowest BCUT2D eigenvalue weighted by Crippen LogP contribution is -2.18. The summed E-state index contributed by atoms with van der Waals surface area (Å²) in [6.07, 6.45) is 1.33. The molecule has 102 valence electrons. The number of benzene rings is 2. The summed E-state index contributed by atoms with van der Waals surface area (Å²) in [6, 6.07) is 13.4. The van der Waals surface area contributed by atoms with E-state index in [2.05, 4.69) is 5.32 Å². The van der Waals surface area contributed by atoms with Crippen LogP contribution in [0.4, 0.5) is 5.69 Å². The number of halogens is 1. The maximum Gasteiger partial charge on any atom is 0.224 e. The molecule has 2 aromatic carbocycles. The second-order valence-electron chi connectivity index (χ2n) is 4.75. The second-order valence-corrected chi connectivity index (χ2v) is 5.15. The predicted molar refractivity (Wildman–Crippen MR) is 79.2 cm³/mol. The van der Waals surface area contributed by atoms with E-state index in [1.807, 2.05) is 42.5 Å². The molecule has 0 spiro atoms. The summed E-state index contributed by atoms with van der Waals surface area (Å²) in [4.78, 5) is 11.4. The van der Waals surface area contributed by atoms with Crippen LogP contribution in [0.25, 0.3) is 0 Å². The van der Waals surface area contributed by atoms with Crippen LogP contribution in [0, 0.1) is 0 Å². The van der Waals surface area contributed by atoms with E-state index in [1.165, 1.54) is 0 Å². The minimum Gasteiger partial charge on any atom is -0.489 e. The monoisotopic (exact) mass is 287 g/mol. The number of hydrogen-bond donors (Lipinski definition) is 1. The van der Waals surface area contributed by atoms with E-state index in [0.717, 1.165) is 29.0 Å². The highest BCUT2D eigenvalue weighted by molar-refractivity contribution is 6.31. The molecule has 0 unspecified atom stereocenters. The maximum absolute atomic E-state index is 11.4. The lowest BCUT2D eigenvalue weighted by Gasteiger charge is -2.17. The highest BCUT2D eigenvalue weighted by atomic mass is 35.5. The smallest absolute Gasteiger partial charge is 0.224 e. The van der Waals surface area contributed by atoms with Crippen molar-refractivity contribution in [2.45, 2.75) is 19.4 Å². The van der Waals surface area contributed by atoms with Gasteiger partial charge in [-0.2, -0.15) is 0 Å². The Hall–Kier alpha value is -2.00. The van der Waals surface area contributed by atoms with Gasteiger partial charge < -0.3 is 10.1 Å². The van der Waals surface area contributed by atoms with Crippen LogP contribution >= 0.6 is 11.6 Å². The van der Waals surface area contributed by atoms with Crippen molar-refractivity contribution in [3.63, 3.8) is 0 Å². The second kappa shape index (κ2) is 5.55. The zero-order valence-electron chi connectivity index (χ0n) is 10.9. The molecule has 0 bridgehead atoms. The van der Waals surface area contributed by atoms with Gasteiger partial charge in [-0.1, -0.05) is 35.9 Å². The van der Waals surface area contributed by atoms with Crippen LogP contribution in [-0.4, -0.2) is 5.91 Å². The Morgan fingerprint density at radius 3 is 2.85 bits per heavy atom. The highest BCUT2D eigenvalue weighted by Crippen LogP contribution is 2.28. The molecule has 0 aliphatic carbocycles. The normalized spacial score (nSPS) is 13.6. The first-order chi connectivity index (χ1) is 9.72. The number of ether oxygens (including phenoxy) is 1. The third-order valence-corrected chi connectivity index (χ3v) is 3.70. The number of carbonyl (C=O) groups is 1. The first-order valence-electron chi connectivity index (χ1n) is 6.51. The number of fused-ring (bicyclic) bond motifs is 1. The number of hydrogen-bond acceptors (Lipinski definition) is 2. The molecule has 1 aliphatic rings. The molecule has 0 aromatic heterocycles. The topological polar surface area (TPSA) is 38.3 Å². The lowest BCUT2D eigenvalue weighted by atomic mass is 10.0. The van der Waals surface area contributed by atoms with Crippen molar-refractivity contribution < 1.29 is 9.53 Å². The molecule has 1 amide bonds. The Labute approximate surface area is 122 Å². The number of amides is 1. The van der Waals surface area contributed by atoms with Gasteiger partial charge in [-0.25, -0.2) is 0 Å². The molecule has 20 heavy (non-hydrogen) atoms. The first kappa shape index (κ1) is 13.0. The molecular weight excluding hydrogens is 274 g/mol. The van der Waals surface area contributed by atoms with Crippen LogP contribution in [0.3, 0.4) is 0 Å². The minimum atomic E-state index is 0.0563. The summed E-state index contributed by atoms with van der Waals surface area (Å²) in [7, 11) is 0. The van der Waals surface area contributed by atoms with Gasteiger partial charge in [0.1, 0.15) is 12.4 Å². The van der Waals surface area contributed by atoms with Crippen LogP contribution < -0.4 is 10.1 Å². The van der Waals surface area contributed by atoms with Crippen molar-refractivity contribution in [2.24, 2.45) is 0 Å². The molecule has 3 rings (SSSR count). The summed E-state index contributed by atoms with van der Waals surface area (Å²) in [6.45, 7) is 0.409. The van der Waals surface area contributed by atoms with Gasteiger partial charge in [0.15, 0.2) is 0 Å². The molecule has 1 heterocycles. The van der Waals surface area contributed by atoms with Gasteiger partial charge in [-0.15, -0.1) is 0 Å². The van der Waals surface area contributed by atoms with Crippen molar-refractivity contribution in [1.29, 1.82) is 0 Å². The summed E-state index contributed by atoms with van der Waals surface area (Å²) < 4.78 is 5.74. The minimum absolute atomic E-state index is 0.0563. The summed E-state index contributed by atoms with van der Waals surface area (Å²) in [5.74, 6) is 0.784. The standard InChI is InChI=1S/C16H14ClNO2/c17-14-4-2-1-3-12(14)10-20-13-7-5-11-6-8-16(19)18-15(11)9-13/h1-5,7,9H,6,8,10H2,(H,18,19). The number of anilines is 1. The van der Waals surface area contributed by atoms with E-state index in [0.29, 0.717) is 18.1 Å². The Morgan fingerprint density at radius 1 is 1.15 bits per heavy atom. The van der Waals surface area contributed by atoms with E-state index in [9.17, 15) is 4.79 Å². The molecular formula is C16H14ClNO2. The van der Waals surface area contributed by atoms with Gasteiger partial charge >= 0.3 is 0 Å². The number of rotatable bonds is 3. The zero-order chi connectivity index (χ0) is 13.9. The van der Waals surface area contributed by atoms with Crippen LogP contribution in [0.5, 0.6) is 5.75 Å². The van der Waals surface area contributed by atoms with Gasteiger partial charge in [0.25, 0.3) is 0 Å². The summed E-state index contributed by atoms with van der Waals surface area (Å²) in [5.41, 5.74) is 2.93. The fourth-order valence-electron chi connectivity index (χ4n) is 2.22. The fraction of sp³-hybridized carbons (Fsp3) is 0.188. The van der Waals surface area contributed by atoms with Crippen molar-refractivity contribution in [3.05, 3.63) is 58.6 Å². The van der Waals surface area contributed by atoms with E-state index in [-0.39, 0.29) is 5.91 Å². The Morgan fingerprint density at radius 2 is 2.00 bits per heavy atom. The number of carbonyl (C=O) groups excluding carboxylic acids is 1. The number of aryl methyl sites for hydroxylation is 1. The van der Waals surface area contributed by atoms with E-state index in [1.54, 1.807) is 0 Å². The van der Waals surface area contributed by atoms with Crippen LogP contribution in [0.2, 0.25) is 5.02 Å². The Bertz CT molecular complexity index is 655. The summed E-state index contributed by atoms with van der Waals surface area (Å²) >= 11 is 6.09. The number of nitrogens with one attached hydrogen (secondary N) is 1. The molecule has 2 aromatic rings. The molecule has 3 nitrogen and oxygen atoms in total. The van der Waals surface area contributed by atoms with Gasteiger partial charge in [0.2, 0.25) is 5.91 Å². The van der Waals surface area contributed by atoms with Crippen molar-refractivity contribution in [2.75, 3.05) is 5.32 Å². The fourth-order valence-corrected chi connectivity index (χ4v) is 2.41. The van der Waals surface area contributed by atoms with Crippen LogP contribution in [0.15, 0.2) is 42.5 Å². The summed E-state index contributed by atoms with van der Waals surface area (Å²) in [5, 5.41) is 3.56. The largest absolute Gasteiger partial charge is 0.489 e. The van der Waals surface area contributed by atoms with Crippen molar-refractivity contribution in [3.8, 4) is 5.75 Å². The van der Waals surface area contributed by atoms with E-state index >= 15 is 0 Å². The first-order valence-corrected chi connectivity index (χ1v) is 6.89. The van der Waals surface area contributed by atoms with Crippen molar-refractivity contribution in [1.82, 2.24) is 0 Å². The Kier molecular flexibility index (Phi) is 3.61. The highest BCUT2D eigenvalue weighted by Gasteiger charge is 2.15. The SMILES string of the molecule is O=C1CCc2ccc(OCc3ccccc3Cl)cc2N1. The molecule has 0 atom stereocenters. The van der Waals surface area contributed by atoms with E-state index < -0.39 is 0 Å². The molecule has 0 radical (unpaired) electrons. The quantitative estimate of drug-likeness (QED) is 0.932. The molecule has 0 saturated carbocycles. The molecule has 4 heteroatoms. The van der Waals surface area contributed by atoms with Gasteiger partial charge in [-0.3, -0.25) is 4.79 Å². The third-order valence-electron chi connectivity index (χ3n) is 3.33. The van der Waals surface area contributed by atoms with Gasteiger partial charge in [0, 0.05) is 28.8 Å². The molecule has 0 saturated heterocycles. The molecule has 1 aliphatic heterocycles. The molecule has 1 N–H and O–H groups in total. The third kappa shape index (κ3) is 2.78. The molecule has 0 fully saturated rings.